The Morgan fingerprint density at radius 3 is 2.22 bits per heavy atom. The summed E-state index contributed by atoms with van der Waals surface area (Å²) in [5.74, 6) is 0.278. The van der Waals surface area contributed by atoms with Gasteiger partial charge in [-0.1, -0.05) is 50.8 Å². The van der Waals surface area contributed by atoms with Gasteiger partial charge >= 0.3 is 12.1 Å². The molecule has 37 heavy (non-hydrogen) atoms. The van der Waals surface area contributed by atoms with Crippen LogP contribution in [0.1, 0.15) is 68.2 Å². The molecule has 2 aromatic carbocycles. The minimum Gasteiger partial charge on any atom is -0.492 e. The fourth-order valence-electron chi connectivity index (χ4n) is 4.03. The predicted molar refractivity (Wildman–Crippen MR) is 146 cm³/mol. The number of carboxylic acid groups (broad SMARTS) is 1. The van der Waals surface area contributed by atoms with Crippen molar-refractivity contribution in [1.82, 2.24) is 4.90 Å². The first-order valence-corrected chi connectivity index (χ1v) is 13.4. The number of rotatable bonds is 16. The molecule has 204 valence electrons. The van der Waals surface area contributed by atoms with E-state index in [9.17, 15) is 14.7 Å². The van der Waals surface area contributed by atoms with Crippen LogP contribution in [0.3, 0.4) is 0 Å². The first-order valence-electron chi connectivity index (χ1n) is 13.4. The average Bonchev–Trinajstić information content (AvgIpc) is 2.86. The van der Waals surface area contributed by atoms with Crippen LogP contribution in [0.25, 0.3) is 0 Å². The van der Waals surface area contributed by atoms with Gasteiger partial charge in [-0.05, 0) is 74.6 Å². The lowest BCUT2D eigenvalue weighted by molar-refractivity contribution is -0.149. The zero-order valence-electron chi connectivity index (χ0n) is 23.0. The molecule has 0 radical (unpaired) electrons. The van der Waals surface area contributed by atoms with Crippen LogP contribution in [-0.2, 0) is 16.0 Å². The van der Waals surface area contributed by atoms with Crippen molar-refractivity contribution >= 4 is 12.1 Å². The minimum absolute atomic E-state index is 0.291. The number of unbranched alkanes of at least 4 members (excludes halogenated alkanes) is 4. The van der Waals surface area contributed by atoms with Crippen LogP contribution in [0, 0.1) is 20.8 Å². The molecule has 2 rings (SSSR count). The first-order chi connectivity index (χ1) is 17.7. The highest BCUT2D eigenvalue weighted by atomic mass is 16.6. The SMILES string of the molecule is CCCCCCCN(CCOc1ccc(CC(OCC)C(=O)O)cc1)C(=O)Oc1cc(C)c(C)cc1C. The topological polar surface area (TPSA) is 85.3 Å². The van der Waals surface area contributed by atoms with E-state index in [4.69, 9.17) is 14.2 Å². The average molecular weight is 514 g/mol. The van der Waals surface area contributed by atoms with Crippen molar-refractivity contribution in [2.24, 2.45) is 0 Å². The van der Waals surface area contributed by atoms with Gasteiger partial charge in [-0.25, -0.2) is 9.59 Å². The molecule has 1 N–H and O–H groups in total. The molecule has 0 aliphatic heterocycles. The molecule has 0 aromatic heterocycles. The van der Waals surface area contributed by atoms with Crippen molar-refractivity contribution in [3.05, 3.63) is 58.7 Å². The van der Waals surface area contributed by atoms with Gasteiger partial charge in [0, 0.05) is 19.6 Å². The third-order valence-corrected chi connectivity index (χ3v) is 6.40. The quantitative estimate of drug-likeness (QED) is 0.258. The Bertz CT molecular complexity index is 988. The number of hydrogen-bond acceptors (Lipinski definition) is 5. The Morgan fingerprint density at radius 1 is 0.892 bits per heavy atom. The Morgan fingerprint density at radius 2 is 1.57 bits per heavy atom. The number of amides is 1. The number of aliphatic carboxylic acids is 1. The normalized spacial score (nSPS) is 11.7. The molecule has 0 spiro atoms. The van der Waals surface area contributed by atoms with Crippen LogP contribution in [0.2, 0.25) is 0 Å². The predicted octanol–water partition coefficient (Wildman–Crippen LogP) is 6.49. The zero-order valence-corrected chi connectivity index (χ0v) is 23.0. The first kappa shape index (κ1) is 30.2. The second-order valence-corrected chi connectivity index (χ2v) is 9.45. The summed E-state index contributed by atoms with van der Waals surface area (Å²) in [5, 5.41) is 9.28. The van der Waals surface area contributed by atoms with Gasteiger partial charge in [0.1, 0.15) is 18.1 Å². The number of benzene rings is 2. The summed E-state index contributed by atoms with van der Waals surface area (Å²) in [4.78, 5) is 26.1. The third-order valence-electron chi connectivity index (χ3n) is 6.40. The van der Waals surface area contributed by atoms with Gasteiger partial charge < -0.3 is 24.2 Å². The van der Waals surface area contributed by atoms with Crippen molar-refractivity contribution in [2.45, 2.75) is 79.2 Å². The molecule has 1 atom stereocenters. The lowest BCUT2D eigenvalue weighted by Gasteiger charge is -2.23. The fraction of sp³-hybridized carbons (Fsp3) is 0.533. The monoisotopic (exact) mass is 513 g/mol. The van der Waals surface area contributed by atoms with Gasteiger partial charge in [-0.2, -0.15) is 0 Å². The number of carboxylic acids is 1. The molecular formula is C30H43NO6. The van der Waals surface area contributed by atoms with E-state index in [-0.39, 0.29) is 6.09 Å². The molecule has 0 aliphatic rings. The Labute approximate surface area is 221 Å². The van der Waals surface area contributed by atoms with Gasteiger partial charge in [0.2, 0.25) is 0 Å². The van der Waals surface area contributed by atoms with Crippen LogP contribution in [0.4, 0.5) is 4.79 Å². The Kier molecular flexibility index (Phi) is 13.0. The summed E-state index contributed by atoms with van der Waals surface area (Å²) in [7, 11) is 0. The Hall–Kier alpha value is -3.06. The summed E-state index contributed by atoms with van der Waals surface area (Å²) in [6.45, 7) is 11.7. The number of nitrogens with zero attached hydrogens (tertiary/aromatic N) is 1. The molecule has 0 saturated heterocycles. The molecule has 0 fully saturated rings. The maximum atomic E-state index is 13.1. The molecule has 2 aromatic rings. The van der Waals surface area contributed by atoms with E-state index < -0.39 is 12.1 Å². The van der Waals surface area contributed by atoms with Gasteiger partial charge in [0.15, 0.2) is 6.10 Å². The van der Waals surface area contributed by atoms with Gasteiger partial charge in [-0.3, -0.25) is 0 Å². The largest absolute Gasteiger partial charge is 0.492 e. The lowest BCUT2D eigenvalue weighted by atomic mass is 10.1. The summed E-state index contributed by atoms with van der Waals surface area (Å²) < 4.78 is 17.0. The van der Waals surface area contributed by atoms with E-state index in [0.717, 1.165) is 36.0 Å². The van der Waals surface area contributed by atoms with E-state index >= 15 is 0 Å². The minimum atomic E-state index is -0.972. The highest BCUT2D eigenvalue weighted by Crippen LogP contribution is 2.23. The van der Waals surface area contributed by atoms with Gasteiger partial charge in [-0.15, -0.1) is 0 Å². The molecule has 0 aliphatic carbocycles. The van der Waals surface area contributed by atoms with Gasteiger partial charge in [0.25, 0.3) is 0 Å². The van der Waals surface area contributed by atoms with E-state index in [2.05, 4.69) is 6.92 Å². The Balaban J connectivity index is 1.96. The van der Waals surface area contributed by atoms with Crippen LogP contribution >= 0.6 is 0 Å². The van der Waals surface area contributed by atoms with Gasteiger partial charge in [0.05, 0.1) is 6.54 Å². The van der Waals surface area contributed by atoms with E-state index in [1.54, 1.807) is 11.8 Å². The second-order valence-electron chi connectivity index (χ2n) is 9.45. The molecule has 1 unspecified atom stereocenters. The zero-order chi connectivity index (χ0) is 27.2. The molecular weight excluding hydrogens is 470 g/mol. The third kappa shape index (κ3) is 10.4. The highest BCUT2D eigenvalue weighted by Gasteiger charge is 2.19. The van der Waals surface area contributed by atoms with E-state index in [1.165, 1.54) is 18.4 Å². The fourth-order valence-corrected chi connectivity index (χ4v) is 4.03. The number of carbonyl (C=O) groups is 2. The van der Waals surface area contributed by atoms with Crippen molar-refractivity contribution < 1.29 is 28.9 Å². The van der Waals surface area contributed by atoms with Crippen LogP contribution in [0.5, 0.6) is 11.5 Å². The lowest BCUT2D eigenvalue weighted by Crippen LogP contribution is -2.37. The van der Waals surface area contributed by atoms with Crippen molar-refractivity contribution in [1.29, 1.82) is 0 Å². The number of aryl methyl sites for hydroxylation is 3. The summed E-state index contributed by atoms with van der Waals surface area (Å²) in [5.41, 5.74) is 4.04. The second kappa shape index (κ2) is 15.9. The molecule has 0 saturated carbocycles. The molecule has 1 amide bonds. The van der Waals surface area contributed by atoms with Crippen LogP contribution in [0.15, 0.2) is 36.4 Å². The van der Waals surface area contributed by atoms with Crippen LogP contribution in [-0.4, -0.2) is 54.5 Å². The molecule has 7 nitrogen and oxygen atoms in total. The number of ether oxygens (including phenoxy) is 3. The standard InChI is InChI=1S/C30H43NO6/c1-6-8-9-10-11-16-31(30(34)37-27-20-23(4)22(3)19-24(27)5)17-18-36-26-14-12-25(13-15-26)21-28(29(32)33)35-7-2/h12-15,19-20,28H,6-11,16-18,21H2,1-5H3,(H,32,33). The number of hydrogen-bond donors (Lipinski definition) is 1. The molecule has 7 heteroatoms. The number of carbonyl (C=O) groups excluding carboxylic acids is 1. The molecule has 0 heterocycles. The van der Waals surface area contributed by atoms with E-state index in [1.807, 2.05) is 57.2 Å². The van der Waals surface area contributed by atoms with E-state index in [0.29, 0.717) is 44.2 Å². The maximum absolute atomic E-state index is 13.1. The molecule has 0 bridgehead atoms. The maximum Gasteiger partial charge on any atom is 0.415 e. The summed E-state index contributed by atoms with van der Waals surface area (Å²) in [6, 6.07) is 11.3. The van der Waals surface area contributed by atoms with Crippen molar-refractivity contribution in [2.75, 3.05) is 26.3 Å². The van der Waals surface area contributed by atoms with Crippen molar-refractivity contribution in [3.63, 3.8) is 0 Å². The summed E-state index contributed by atoms with van der Waals surface area (Å²) in [6.07, 6.45) is 4.58. The smallest absolute Gasteiger partial charge is 0.415 e. The summed E-state index contributed by atoms with van der Waals surface area (Å²) >= 11 is 0. The van der Waals surface area contributed by atoms with Crippen LogP contribution < -0.4 is 9.47 Å². The van der Waals surface area contributed by atoms with Crippen molar-refractivity contribution in [3.8, 4) is 11.5 Å². The highest BCUT2D eigenvalue weighted by molar-refractivity contribution is 5.73.